The van der Waals surface area contributed by atoms with Gasteiger partial charge in [0.05, 0.1) is 11.3 Å². The lowest BCUT2D eigenvalue weighted by Gasteiger charge is -2.37. The molecule has 0 bridgehead atoms. The minimum atomic E-state index is -0.383. The molecule has 1 aromatic heterocycles. The van der Waals surface area contributed by atoms with E-state index in [1.165, 1.54) is 12.1 Å². The number of nitriles is 1. The smallest absolute Gasteiger partial charge is 0.134 e. The van der Waals surface area contributed by atoms with Gasteiger partial charge in [-0.25, -0.2) is 14.4 Å². The molecular weight excluding hydrogens is 307 g/mol. The van der Waals surface area contributed by atoms with E-state index in [2.05, 4.69) is 25.8 Å². The maximum Gasteiger partial charge on any atom is 0.134 e. The lowest BCUT2D eigenvalue weighted by atomic mass is 10.1. The first-order valence-corrected chi connectivity index (χ1v) is 7.77. The van der Waals surface area contributed by atoms with Crippen molar-refractivity contribution >= 4 is 17.3 Å². The molecule has 0 radical (unpaired) electrons. The molecule has 1 fully saturated rings. The van der Waals surface area contributed by atoms with Crippen LogP contribution < -0.4 is 14.7 Å². The van der Waals surface area contributed by atoms with Crippen LogP contribution in [0.2, 0.25) is 0 Å². The lowest BCUT2D eigenvalue weighted by molar-refractivity contribution is 0.623. The standard InChI is InChI=1S/C17H19FN6/c1-22(2)16-10-17(21-12-20-16)24-7-5-23(6-8-24)15-4-3-14(18)9-13(15)11-19/h3-4,9-10,12H,5-8H2,1-2H3. The Morgan fingerprint density at radius 3 is 2.46 bits per heavy atom. The van der Waals surface area contributed by atoms with Crippen LogP contribution in [0.3, 0.4) is 0 Å². The fraction of sp³-hybridized carbons (Fsp3) is 0.353. The van der Waals surface area contributed by atoms with Gasteiger partial charge in [-0.3, -0.25) is 0 Å². The highest BCUT2D eigenvalue weighted by Gasteiger charge is 2.21. The average molecular weight is 326 g/mol. The molecule has 1 aromatic carbocycles. The number of piperazine rings is 1. The molecule has 0 atom stereocenters. The molecule has 1 aliphatic rings. The zero-order valence-electron chi connectivity index (χ0n) is 13.8. The van der Waals surface area contributed by atoms with Crippen LogP contribution in [-0.2, 0) is 0 Å². The molecule has 0 saturated carbocycles. The molecule has 24 heavy (non-hydrogen) atoms. The third-order valence-corrected chi connectivity index (χ3v) is 4.12. The lowest BCUT2D eigenvalue weighted by Crippen LogP contribution is -2.47. The van der Waals surface area contributed by atoms with E-state index in [9.17, 15) is 9.65 Å². The Labute approximate surface area is 140 Å². The third kappa shape index (κ3) is 3.23. The van der Waals surface area contributed by atoms with Crippen molar-refractivity contribution in [3.8, 4) is 6.07 Å². The molecule has 7 heteroatoms. The molecule has 0 amide bonds. The van der Waals surface area contributed by atoms with Crippen LogP contribution in [0.5, 0.6) is 0 Å². The summed E-state index contributed by atoms with van der Waals surface area (Å²) < 4.78 is 13.3. The van der Waals surface area contributed by atoms with E-state index in [-0.39, 0.29) is 5.82 Å². The quantitative estimate of drug-likeness (QED) is 0.858. The van der Waals surface area contributed by atoms with Crippen molar-refractivity contribution < 1.29 is 4.39 Å². The van der Waals surface area contributed by atoms with Crippen LogP contribution >= 0.6 is 0 Å². The second-order valence-electron chi connectivity index (χ2n) is 5.88. The van der Waals surface area contributed by atoms with Gasteiger partial charge in [0.25, 0.3) is 0 Å². The van der Waals surface area contributed by atoms with Crippen LogP contribution in [-0.4, -0.2) is 50.2 Å². The third-order valence-electron chi connectivity index (χ3n) is 4.12. The number of anilines is 3. The van der Waals surface area contributed by atoms with Crippen molar-refractivity contribution in [3.63, 3.8) is 0 Å². The van der Waals surface area contributed by atoms with Gasteiger partial charge in [-0.15, -0.1) is 0 Å². The van der Waals surface area contributed by atoms with Crippen molar-refractivity contribution in [2.75, 3.05) is 55.0 Å². The molecule has 2 aromatic rings. The summed E-state index contributed by atoms with van der Waals surface area (Å²) in [6.07, 6.45) is 1.57. The number of nitrogens with zero attached hydrogens (tertiary/aromatic N) is 6. The van der Waals surface area contributed by atoms with Gasteiger partial charge < -0.3 is 14.7 Å². The van der Waals surface area contributed by atoms with Crippen molar-refractivity contribution in [2.45, 2.75) is 0 Å². The summed E-state index contributed by atoms with van der Waals surface area (Å²) in [5.74, 6) is 1.38. The first-order chi connectivity index (χ1) is 11.6. The largest absolute Gasteiger partial charge is 0.367 e. The van der Waals surface area contributed by atoms with E-state index in [0.29, 0.717) is 5.56 Å². The molecule has 3 rings (SSSR count). The van der Waals surface area contributed by atoms with E-state index in [1.807, 2.05) is 25.1 Å². The first-order valence-electron chi connectivity index (χ1n) is 7.77. The Bertz CT molecular complexity index is 762. The molecule has 1 saturated heterocycles. The van der Waals surface area contributed by atoms with Crippen LogP contribution in [0.4, 0.5) is 21.7 Å². The molecule has 0 unspecified atom stereocenters. The van der Waals surface area contributed by atoms with Crippen LogP contribution in [0.1, 0.15) is 5.56 Å². The molecule has 6 nitrogen and oxygen atoms in total. The van der Waals surface area contributed by atoms with Gasteiger partial charge in [0.15, 0.2) is 0 Å². The highest BCUT2D eigenvalue weighted by Crippen LogP contribution is 2.24. The molecule has 2 heterocycles. The summed E-state index contributed by atoms with van der Waals surface area (Å²) in [5.41, 5.74) is 1.16. The molecular formula is C17H19FN6. The number of hydrogen-bond acceptors (Lipinski definition) is 6. The van der Waals surface area contributed by atoms with Gasteiger partial charge in [-0.2, -0.15) is 5.26 Å². The minimum absolute atomic E-state index is 0.375. The Kier molecular flexibility index (Phi) is 4.47. The van der Waals surface area contributed by atoms with Crippen molar-refractivity contribution in [3.05, 3.63) is 42.0 Å². The Balaban J connectivity index is 1.72. The molecule has 0 spiro atoms. The maximum atomic E-state index is 13.3. The summed E-state index contributed by atoms with van der Waals surface area (Å²) in [7, 11) is 3.89. The van der Waals surface area contributed by atoms with Gasteiger partial charge in [-0.05, 0) is 18.2 Å². The highest BCUT2D eigenvalue weighted by molar-refractivity contribution is 5.60. The van der Waals surface area contributed by atoms with E-state index >= 15 is 0 Å². The number of benzene rings is 1. The normalized spacial score (nSPS) is 14.4. The Morgan fingerprint density at radius 2 is 1.79 bits per heavy atom. The topological polar surface area (TPSA) is 59.3 Å². The van der Waals surface area contributed by atoms with Gasteiger partial charge in [-0.1, -0.05) is 0 Å². The van der Waals surface area contributed by atoms with Crippen molar-refractivity contribution in [1.82, 2.24) is 9.97 Å². The van der Waals surface area contributed by atoms with Crippen molar-refractivity contribution in [1.29, 1.82) is 5.26 Å². The Morgan fingerprint density at radius 1 is 1.08 bits per heavy atom. The monoisotopic (exact) mass is 326 g/mol. The predicted octanol–water partition coefficient (Wildman–Crippen LogP) is 1.88. The van der Waals surface area contributed by atoms with E-state index < -0.39 is 0 Å². The van der Waals surface area contributed by atoms with E-state index in [1.54, 1.807) is 12.4 Å². The van der Waals surface area contributed by atoms with Crippen LogP contribution in [0.15, 0.2) is 30.6 Å². The summed E-state index contributed by atoms with van der Waals surface area (Å²) in [6.45, 7) is 3.07. The number of hydrogen-bond donors (Lipinski definition) is 0. The summed E-state index contributed by atoms with van der Waals surface area (Å²) >= 11 is 0. The highest BCUT2D eigenvalue weighted by atomic mass is 19.1. The number of aromatic nitrogens is 2. The van der Waals surface area contributed by atoms with Gasteiger partial charge in [0.1, 0.15) is 29.8 Å². The fourth-order valence-corrected chi connectivity index (χ4v) is 2.80. The molecule has 124 valence electrons. The van der Waals surface area contributed by atoms with Crippen molar-refractivity contribution in [2.24, 2.45) is 0 Å². The SMILES string of the molecule is CN(C)c1cc(N2CCN(c3ccc(F)cc3C#N)CC2)ncn1. The van der Waals surface area contributed by atoms with Gasteiger partial charge >= 0.3 is 0 Å². The average Bonchev–Trinajstić information content (AvgIpc) is 2.62. The second-order valence-corrected chi connectivity index (χ2v) is 5.88. The summed E-state index contributed by atoms with van der Waals surface area (Å²) in [6, 6.07) is 8.41. The predicted molar refractivity (Wildman–Crippen MR) is 91.9 cm³/mol. The first kappa shape index (κ1) is 16.0. The molecule has 1 aliphatic heterocycles. The number of halogens is 1. The number of rotatable bonds is 3. The minimum Gasteiger partial charge on any atom is -0.367 e. The fourth-order valence-electron chi connectivity index (χ4n) is 2.80. The second kappa shape index (κ2) is 6.71. The van der Waals surface area contributed by atoms with Crippen LogP contribution in [0.25, 0.3) is 0 Å². The molecule has 0 aliphatic carbocycles. The Hall–Kier alpha value is -2.88. The maximum absolute atomic E-state index is 13.3. The van der Waals surface area contributed by atoms with Gasteiger partial charge in [0, 0.05) is 46.3 Å². The van der Waals surface area contributed by atoms with E-state index in [0.717, 1.165) is 43.5 Å². The summed E-state index contributed by atoms with van der Waals surface area (Å²) in [4.78, 5) is 14.8. The van der Waals surface area contributed by atoms with Gasteiger partial charge in [0.2, 0.25) is 0 Å². The zero-order chi connectivity index (χ0) is 17.1. The summed E-state index contributed by atoms with van der Waals surface area (Å²) in [5, 5.41) is 9.21. The molecule has 0 N–H and O–H groups in total. The zero-order valence-corrected chi connectivity index (χ0v) is 13.8. The van der Waals surface area contributed by atoms with Crippen LogP contribution in [0, 0.1) is 17.1 Å². The van der Waals surface area contributed by atoms with E-state index in [4.69, 9.17) is 0 Å².